The average Bonchev–Trinajstić information content (AvgIpc) is 3.23. The van der Waals surface area contributed by atoms with E-state index in [-0.39, 0.29) is 25.7 Å². The molecule has 0 rings (SSSR count). The Balaban J connectivity index is 4.84. The first-order valence-corrected chi connectivity index (χ1v) is 25.8. The molecule has 0 bridgehead atoms. The zero-order chi connectivity index (χ0) is 45.6. The van der Waals surface area contributed by atoms with Crippen molar-refractivity contribution < 1.29 is 80.2 Å². The Labute approximate surface area is 365 Å². The molecular formula is C42H80O17P2. The van der Waals surface area contributed by atoms with E-state index in [1.165, 1.54) is 51.4 Å². The predicted molar refractivity (Wildman–Crippen MR) is 229 cm³/mol. The summed E-state index contributed by atoms with van der Waals surface area (Å²) in [6.45, 7) is 3.79. The summed E-state index contributed by atoms with van der Waals surface area (Å²) in [5.41, 5.74) is 0. The van der Waals surface area contributed by atoms with Gasteiger partial charge in [-0.2, -0.15) is 0 Å². The Morgan fingerprint density at radius 3 is 1.08 bits per heavy atom. The molecule has 0 heterocycles. The molecule has 0 aliphatic heterocycles. The van der Waals surface area contributed by atoms with Gasteiger partial charge in [0.05, 0.1) is 26.4 Å². The van der Waals surface area contributed by atoms with Gasteiger partial charge in [-0.1, -0.05) is 143 Å². The number of ether oxygens (including phenoxy) is 4. The van der Waals surface area contributed by atoms with E-state index in [0.29, 0.717) is 19.3 Å². The number of esters is 4. The summed E-state index contributed by atoms with van der Waals surface area (Å²) in [5, 5.41) is 10.2. The molecule has 0 amide bonds. The van der Waals surface area contributed by atoms with Crippen molar-refractivity contribution in [2.24, 2.45) is 0 Å². The molecule has 0 spiro atoms. The van der Waals surface area contributed by atoms with Crippen LogP contribution in [0, 0.1) is 0 Å². The summed E-state index contributed by atoms with van der Waals surface area (Å²) in [5.74, 6) is -2.30. The van der Waals surface area contributed by atoms with Crippen LogP contribution in [0.2, 0.25) is 0 Å². The van der Waals surface area contributed by atoms with Crippen molar-refractivity contribution in [1.29, 1.82) is 0 Å². The molecule has 3 N–H and O–H groups in total. The molecule has 2 unspecified atom stereocenters. The first kappa shape index (κ1) is 59.1. The molecular weight excluding hydrogens is 838 g/mol. The van der Waals surface area contributed by atoms with Crippen LogP contribution in [0.5, 0.6) is 0 Å². The van der Waals surface area contributed by atoms with Crippen LogP contribution in [0.15, 0.2) is 0 Å². The molecule has 0 saturated carbocycles. The van der Waals surface area contributed by atoms with Gasteiger partial charge in [0.1, 0.15) is 19.3 Å². The van der Waals surface area contributed by atoms with Crippen molar-refractivity contribution in [3.63, 3.8) is 0 Å². The molecule has 17 nitrogen and oxygen atoms in total. The fourth-order valence-electron chi connectivity index (χ4n) is 5.76. The standard InChI is InChI=1S/C42H80O17P2/c1-5-9-12-14-16-17-18-19-20-21-22-24-26-29-42(47)59-38(33-53-40(45)27-11-7-3)35-57-61(50,51)55-31-36(43)30-54-60(48,49)56-34-37(32-52-39(44)8-4)58-41(46)28-25-23-15-13-10-6-2/h36-38,43H,5-35H2,1-4H3,(H,48,49)(H,50,51)/t36-,37+,38+/m0/s1. The number of aliphatic hydroxyl groups excluding tert-OH is 1. The maximum absolute atomic E-state index is 12.6. The highest BCUT2D eigenvalue weighted by Crippen LogP contribution is 2.45. The van der Waals surface area contributed by atoms with Gasteiger partial charge in [0.15, 0.2) is 12.2 Å². The lowest BCUT2D eigenvalue weighted by Gasteiger charge is -2.21. The van der Waals surface area contributed by atoms with Gasteiger partial charge < -0.3 is 33.8 Å². The monoisotopic (exact) mass is 918 g/mol. The number of phosphoric acid groups is 2. The molecule has 0 saturated heterocycles. The summed E-state index contributed by atoms with van der Waals surface area (Å²) < 4.78 is 65.5. The third kappa shape index (κ3) is 38.3. The van der Waals surface area contributed by atoms with Crippen molar-refractivity contribution in [3.05, 3.63) is 0 Å². The van der Waals surface area contributed by atoms with Crippen LogP contribution in [-0.2, 0) is 65.4 Å². The number of hydrogen-bond donors (Lipinski definition) is 3. The van der Waals surface area contributed by atoms with E-state index in [9.17, 15) is 43.2 Å². The van der Waals surface area contributed by atoms with Crippen LogP contribution in [0.1, 0.15) is 188 Å². The minimum Gasteiger partial charge on any atom is -0.462 e. The van der Waals surface area contributed by atoms with Crippen molar-refractivity contribution in [2.75, 3.05) is 39.6 Å². The zero-order valence-corrected chi connectivity index (χ0v) is 39.4. The van der Waals surface area contributed by atoms with Crippen molar-refractivity contribution in [1.82, 2.24) is 0 Å². The Hall–Kier alpha value is -1.94. The third-order valence-electron chi connectivity index (χ3n) is 9.41. The van der Waals surface area contributed by atoms with E-state index < -0.39 is 97.5 Å². The maximum Gasteiger partial charge on any atom is 0.472 e. The number of hydrogen-bond acceptors (Lipinski definition) is 15. The average molecular weight is 919 g/mol. The van der Waals surface area contributed by atoms with Crippen LogP contribution in [0.3, 0.4) is 0 Å². The van der Waals surface area contributed by atoms with Crippen LogP contribution in [0.25, 0.3) is 0 Å². The van der Waals surface area contributed by atoms with E-state index in [2.05, 4.69) is 13.8 Å². The van der Waals surface area contributed by atoms with E-state index in [4.69, 9.17) is 37.0 Å². The summed E-state index contributed by atoms with van der Waals surface area (Å²) >= 11 is 0. The number of phosphoric ester groups is 2. The molecule has 0 aromatic heterocycles. The number of carbonyl (C=O) groups excluding carboxylic acids is 4. The Morgan fingerprint density at radius 1 is 0.410 bits per heavy atom. The van der Waals surface area contributed by atoms with Crippen molar-refractivity contribution >= 4 is 39.5 Å². The fourth-order valence-corrected chi connectivity index (χ4v) is 7.34. The van der Waals surface area contributed by atoms with Crippen LogP contribution >= 0.6 is 15.6 Å². The van der Waals surface area contributed by atoms with Crippen LogP contribution in [-0.4, -0.2) is 96.7 Å². The van der Waals surface area contributed by atoms with Gasteiger partial charge in [-0.25, -0.2) is 9.13 Å². The molecule has 19 heteroatoms. The largest absolute Gasteiger partial charge is 0.472 e. The van der Waals surface area contributed by atoms with Gasteiger partial charge in [-0.05, 0) is 19.3 Å². The Bertz CT molecular complexity index is 1240. The SMILES string of the molecule is CCCCCCCCCCCCCCCC(=O)O[C@H](COC(=O)CCCC)COP(=O)(O)OC[C@@H](O)COP(=O)(O)OC[C@@H](COC(=O)CC)OC(=O)CCCCCCCC. The van der Waals surface area contributed by atoms with Gasteiger partial charge >= 0.3 is 39.5 Å². The molecule has 0 radical (unpaired) electrons. The topological polar surface area (TPSA) is 237 Å². The van der Waals surface area contributed by atoms with Gasteiger partial charge in [-0.3, -0.25) is 37.3 Å². The highest BCUT2D eigenvalue weighted by molar-refractivity contribution is 7.47. The maximum atomic E-state index is 12.6. The minimum atomic E-state index is -4.90. The first-order chi connectivity index (χ1) is 29.2. The van der Waals surface area contributed by atoms with Gasteiger partial charge in [-0.15, -0.1) is 0 Å². The quantitative estimate of drug-likeness (QED) is 0.0223. The lowest BCUT2D eigenvalue weighted by atomic mass is 10.0. The minimum absolute atomic E-state index is 0.0504. The van der Waals surface area contributed by atoms with E-state index in [0.717, 1.165) is 64.2 Å². The molecule has 360 valence electrons. The summed E-state index contributed by atoms with van der Waals surface area (Å²) in [7, 11) is -9.78. The van der Waals surface area contributed by atoms with E-state index >= 15 is 0 Å². The lowest BCUT2D eigenvalue weighted by Crippen LogP contribution is -2.30. The Kier molecular flexibility index (Phi) is 37.3. The molecule has 0 fully saturated rings. The van der Waals surface area contributed by atoms with Crippen LogP contribution < -0.4 is 0 Å². The first-order valence-electron chi connectivity index (χ1n) is 22.8. The molecule has 5 atom stereocenters. The summed E-state index contributed by atoms with van der Waals surface area (Å²) in [6, 6.07) is 0. The predicted octanol–water partition coefficient (Wildman–Crippen LogP) is 9.36. The number of aliphatic hydroxyl groups is 1. The normalized spacial score (nSPS) is 14.9. The lowest BCUT2D eigenvalue weighted by molar-refractivity contribution is -0.161. The second-order valence-corrected chi connectivity index (χ2v) is 18.2. The highest BCUT2D eigenvalue weighted by Gasteiger charge is 2.30. The molecule has 0 aliphatic carbocycles. The molecule has 0 aromatic carbocycles. The second-order valence-electron chi connectivity index (χ2n) is 15.3. The highest BCUT2D eigenvalue weighted by atomic mass is 31.2. The fraction of sp³-hybridized carbons (Fsp3) is 0.905. The van der Waals surface area contributed by atoms with Crippen LogP contribution in [0.4, 0.5) is 0 Å². The molecule has 61 heavy (non-hydrogen) atoms. The Morgan fingerprint density at radius 2 is 0.721 bits per heavy atom. The van der Waals surface area contributed by atoms with Gasteiger partial charge in [0, 0.05) is 25.7 Å². The number of carbonyl (C=O) groups is 4. The zero-order valence-electron chi connectivity index (χ0n) is 37.6. The van der Waals surface area contributed by atoms with Crippen molar-refractivity contribution in [3.8, 4) is 0 Å². The number of unbranched alkanes of at least 4 members (excludes halogenated alkanes) is 18. The smallest absolute Gasteiger partial charge is 0.462 e. The molecule has 0 aliphatic rings. The van der Waals surface area contributed by atoms with E-state index in [1.807, 2.05) is 6.92 Å². The third-order valence-corrected chi connectivity index (χ3v) is 11.3. The van der Waals surface area contributed by atoms with Gasteiger partial charge in [0.25, 0.3) is 0 Å². The summed E-state index contributed by atoms with van der Waals surface area (Å²) in [4.78, 5) is 69.2. The molecule has 0 aromatic rings. The van der Waals surface area contributed by atoms with Crippen molar-refractivity contribution in [2.45, 2.75) is 207 Å². The second kappa shape index (κ2) is 38.5. The number of rotatable bonds is 43. The van der Waals surface area contributed by atoms with E-state index in [1.54, 1.807) is 6.92 Å². The summed E-state index contributed by atoms with van der Waals surface area (Å²) in [6.07, 6.45) is 18.1. The van der Waals surface area contributed by atoms with Gasteiger partial charge in [0.2, 0.25) is 0 Å².